The Kier molecular flexibility index (Phi) is 4.07. The summed E-state index contributed by atoms with van der Waals surface area (Å²) < 4.78 is 2.97. The molecule has 0 unspecified atom stereocenters. The standard InChI is InChI=1S/C12H13BrClN3/c1-2-6-17-7-5-15-12(17)16-9-3-4-10(13)11(14)8-9/h3-5,7-8H,2,6H2,1H3,(H,15,16). The van der Waals surface area contributed by atoms with Crippen LogP contribution >= 0.6 is 27.5 Å². The second-order valence-corrected chi connectivity index (χ2v) is 4.96. The van der Waals surface area contributed by atoms with Crippen LogP contribution in [0.3, 0.4) is 0 Å². The highest BCUT2D eigenvalue weighted by atomic mass is 79.9. The lowest BCUT2D eigenvalue weighted by molar-refractivity contribution is 0.686. The van der Waals surface area contributed by atoms with Gasteiger partial charge in [-0.05, 0) is 40.5 Å². The van der Waals surface area contributed by atoms with Gasteiger partial charge in [-0.2, -0.15) is 0 Å². The van der Waals surface area contributed by atoms with E-state index in [0.717, 1.165) is 29.1 Å². The Labute approximate surface area is 114 Å². The number of imidazole rings is 1. The van der Waals surface area contributed by atoms with Crippen LogP contribution in [0.4, 0.5) is 11.6 Å². The minimum atomic E-state index is 0.684. The van der Waals surface area contributed by atoms with Crippen molar-refractivity contribution in [3.63, 3.8) is 0 Å². The average Bonchev–Trinajstić information content (AvgIpc) is 2.72. The Morgan fingerprint density at radius 1 is 1.47 bits per heavy atom. The Hall–Kier alpha value is -1.000. The van der Waals surface area contributed by atoms with Crippen LogP contribution in [0.5, 0.6) is 0 Å². The first-order valence-corrected chi connectivity index (χ1v) is 6.61. The first-order valence-electron chi connectivity index (χ1n) is 5.44. The third-order valence-electron chi connectivity index (χ3n) is 2.36. The fourth-order valence-electron chi connectivity index (χ4n) is 1.56. The van der Waals surface area contributed by atoms with E-state index >= 15 is 0 Å². The number of benzene rings is 1. The maximum Gasteiger partial charge on any atom is 0.207 e. The molecule has 0 aliphatic rings. The molecule has 0 fully saturated rings. The third kappa shape index (κ3) is 3.01. The normalized spacial score (nSPS) is 10.5. The summed E-state index contributed by atoms with van der Waals surface area (Å²) in [5.74, 6) is 0.838. The van der Waals surface area contributed by atoms with E-state index in [1.165, 1.54) is 0 Å². The molecule has 17 heavy (non-hydrogen) atoms. The van der Waals surface area contributed by atoms with Crippen molar-refractivity contribution in [2.75, 3.05) is 5.32 Å². The van der Waals surface area contributed by atoms with E-state index < -0.39 is 0 Å². The second-order valence-electron chi connectivity index (χ2n) is 3.70. The number of rotatable bonds is 4. The number of nitrogens with one attached hydrogen (secondary N) is 1. The van der Waals surface area contributed by atoms with Gasteiger partial charge in [0.05, 0.1) is 5.02 Å². The summed E-state index contributed by atoms with van der Waals surface area (Å²) in [6.07, 6.45) is 4.83. The fourth-order valence-corrected chi connectivity index (χ4v) is 1.98. The minimum Gasteiger partial charge on any atom is -0.326 e. The lowest BCUT2D eigenvalue weighted by Gasteiger charge is -2.09. The van der Waals surface area contributed by atoms with Crippen LogP contribution in [-0.2, 0) is 6.54 Å². The van der Waals surface area contributed by atoms with E-state index in [4.69, 9.17) is 11.6 Å². The molecular weight excluding hydrogens is 302 g/mol. The van der Waals surface area contributed by atoms with Crippen LogP contribution in [0.2, 0.25) is 5.02 Å². The van der Waals surface area contributed by atoms with E-state index in [1.54, 1.807) is 6.20 Å². The molecule has 90 valence electrons. The molecule has 3 nitrogen and oxygen atoms in total. The topological polar surface area (TPSA) is 29.9 Å². The number of hydrogen-bond acceptors (Lipinski definition) is 2. The van der Waals surface area contributed by atoms with Crippen LogP contribution in [0, 0.1) is 0 Å². The summed E-state index contributed by atoms with van der Waals surface area (Å²) in [6, 6.07) is 5.75. The smallest absolute Gasteiger partial charge is 0.207 e. The summed E-state index contributed by atoms with van der Waals surface area (Å²) in [7, 11) is 0. The molecule has 0 amide bonds. The van der Waals surface area contributed by atoms with Gasteiger partial charge in [-0.25, -0.2) is 4.98 Å². The van der Waals surface area contributed by atoms with Crippen molar-refractivity contribution in [2.24, 2.45) is 0 Å². The Bertz CT molecular complexity index is 510. The zero-order chi connectivity index (χ0) is 12.3. The lowest BCUT2D eigenvalue weighted by atomic mass is 10.3. The van der Waals surface area contributed by atoms with Crippen LogP contribution in [0.25, 0.3) is 0 Å². The minimum absolute atomic E-state index is 0.684. The Morgan fingerprint density at radius 2 is 2.29 bits per heavy atom. The van der Waals surface area contributed by atoms with Gasteiger partial charge in [0.2, 0.25) is 5.95 Å². The first kappa shape index (κ1) is 12.5. The monoisotopic (exact) mass is 313 g/mol. The molecule has 1 heterocycles. The number of anilines is 2. The number of aromatic nitrogens is 2. The molecule has 0 saturated heterocycles. The van der Waals surface area contributed by atoms with Crippen LogP contribution in [0.1, 0.15) is 13.3 Å². The highest BCUT2D eigenvalue weighted by Gasteiger charge is 2.04. The molecule has 0 atom stereocenters. The molecule has 0 aliphatic carbocycles. The fraction of sp³-hybridized carbons (Fsp3) is 0.250. The Balaban J connectivity index is 2.19. The molecule has 1 N–H and O–H groups in total. The van der Waals surface area contributed by atoms with E-state index in [2.05, 4.69) is 37.7 Å². The van der Waals surface area contributed by atoms with Gasteiger partial charge < -0.3 is 9.88 Å². The van der Waals surface area contributed by atoms with Gasteiger partial charge in [0.1, 0.15) is 0 Å². The molecule has 0 saturated carbocycles. The van der Waals surface area contributed by atoms with E-state index in [1.807, 2.05) is 24.4 Å². The van der Waals surface area contributed by atoms with Crippen molar-refractivity contribution in [3.05, 3.63) is 40.1 Å². The van der Waals surface area contributed by atoms with Crippen molar-refractivity contribution < 1.29 is 0 Å². The average molecular weight is 315 g/mol. The van der Waals surface area contributed by atoms with E-state index in [-0.39, 0.29) is 0 Å². The molecular formula is C12H13BrClN3. The molecule has 2 aromatic rings. The molecule has 5 heteroatoms. The van der Waals surface area contributed by atoms with Crippen LogP contribution < -0.4 is 5.32 Å². The van der Waals surface area contributed by atoms with Crippen molar-refractivity contribution in [1.29, 1.82) is 0 Å². The summed E-state index contributed by atoms with van der Waals surface area (Å²) in [5, 5.41) is 3.94. The van der Waals surface area contributed by atoms with Crippen LogP contribution in [-0.4, -0.2) is 9.55 Å². The van der Waals surface area contributed by atoms with Crippen molar-refractivity contribution in [1.82, 2.24) is 9.55 Å². The molecule has 1 aromatic heterocycles. The summed E-state index contributed by atoms with van der Waals surface area (Å²) >= 11 is 9.41. The van der Waals surface area contributed by atoms with Crippen LogP contribution in [0.15, 0.2) is 35.1 Å². The van der Waals surface area contributed by atoms with Gasteiger partial charge in [-0.15, -0.1) is 0 Å². The molecule has 1 aromatic carbocycles. The predicted molar refractivity (Wildman–Crippen MR) is 75.0 cm³/mol. The Morgan fingerprint density at radius 3 is 3.00 bits per heavy atom. The summed E-state index contributed by atoms with van der Waals surface area (Å²) in [4.78, 5) is 4.28. The van der Waals surface area contributed by atoms with Gasteiger partial charge in [-0.1, -0.05) is 18.5 Å². The SMILES string of the molecule is CCCn1ccnc1Nc1ccc(Br)c(Cl)c1. The number of aryl methyl sites for hydroxylation is 1. The summed E-state index contributed by atoms with van der Waals surface area (Å²) in [5.41, 5.74) is 0.932. The van der Waals surface area contributed by atoms with Gasteiger partial charge in [0.25, 0.3) is 0 Å². The lowest BCUT2D eigenvalue weighted by Crippen LogP contribution is -2.02. The van der Waals surface area contributed by atoms with Gasteiger partial charge in [0, 0.05) is 29.1 Å². The summed E-state index contributed by atoms with van der Waals surface area (Å²) in [6.45, 7) is 3.09. The molecule has 0 spiro atoms. The maximum atomic E-state index is 6.04. The number of nitrogens with zero attached hydrogens (tertiary/aromatic N) is 2. The predicted octanol–water partition coefficient (Wildman–Crippen LogP) is 4.45. The second kappa shape index (κ2) is 5.56. The molecule has 0 aliphatic heterocycles. The zero-order valence-electron chi connectivity index (χ0n) is 9.45. The first-order chi connectivity index (χ1) is 8.20. The van der Waals surface area contributed by atoms with Crippen molar-refractivity contribution >= 4 is 39.2 Å². The van der Waals surface area contributed by atoms with Gasteiger partial charge >= 0.3 is 0 Å². The van der Waals surface area contributed by atoms with Crippen molar-refractivity contribution in [3.8, 4) is 0 Å². The largest absolute Gasteiger partial charge is 0.326 e. The zero-order valence-corrected chi connectivity index (χ0v) is 11.8. The van der Waals surface area contributed by atoms with Gasteiger partial charge in [0.15, 0.2) is 0 Å². The molecule has 2 rings (SSSR count). The quantitative estimate of drug-likeness (QED) is 0.903. The number of halogens is 2. The van der Waals surface area contributed by atoms with E-state index in [0.29, 0.717) is 5.02 Å². The highest BCUT2D eigenvalue weighted by molar-refractivity contribution is 9.10. The molecule has 0 bridgehead atoms. The van der Waals surface area contributed by atoms with Gasteiger partial charge in [-0.3, -0.25) is 0 Å². The maximum absolute atomic E-state index is 6.04. The van der Waals surface area contributed by atoms with E-state index in [9.17, 15) is 0 Å². The third-order valence-corrected chi connectivity index (χ3v) is 3.59. The molecule has 0 radical (unpaired) electrons. The highest BCUT2D eigenvalue weighted by Crippen LogP contribution is 2.26. The van der Waals surface area contributed by atoms with Crippen molar-refractivity contribution in [2.45, 2.75) is 19.9 Å². The number of hydrogen-bond donors (Lipinski definition) is 1.